The highest BCUT2D eigenvalue weighted by atomic mass is 32.2. The van der Waals surface area contributed by atoms with E-state index in [9.17, 15) is 12.8 Å². The van der Waals surface area contributed by atoms with E-state index in [4.69, 9.17) is 4.74 Å². The van der Waals surface area contributed by atoms with Gasteiger partial charge in [-0.2, -0.15) is 0 Å². The molecule has 1 heterocycles. The molecule has 0 saturated heterocycles. The molecular formula is C18H20FNO3S. The van der Waals surface area contributed by atoms with Gasteiger partial charge in [-0.15, -0.1) is 0 Å². The minimum atomic E-state index is -3.55. The van der Waals surface area contributed by atoms with Crippen LogP contribution < -0.4 is 10.1 Å². The molecule has 0 saturated carbocycles. The first-order valence-corrected chi connectivity index (χ1v) is 9.63. The van der Waals surface area contributed by atoms with Crippen LogP contribution in [0.3, 0.4) is 0 Å². The van der Waals surface area contributed by atoms with E-state index < -0.39 is 15.7 Å². The molecule has 128 valence electrons. The molecule has 1 N–H and O–H groups in total. The molecule has 0 bridgehead atoms. The zero-order valence-electron chi connectivity index (χ0n) is 13.5. The molecule has 2 aromatic carbocycles. The van der Waals surface area contributed by atoms with Gasteiger partial charge in [0, 0.05) is 18.2 Å². The fourth-order valence-corrected chi connectivity index (χ4v) is 4.73. The van der Waals surface area contributed by atoms with Gasteiger partial charge in [0.1, 0.15) is 16.5 Å². The minimum absolute atomic E-state index is 0.0499. The van der Waals surface area contributed by atoms with Crippen LogP contribution in [0.25, 0.3) is 0 Å². The Balaban J connectivity index is 1.84. The predicted molar refractivity (Wildman–Crippen MR) is 90.3 cm³/mol. The van der Waals surface area contributed by atoms with Gasteiger partial charge in [0.2, 0.25) is 0 Å². The fraction of sp³-hybridized carbons (Fsp3) is 0.333. The molecule has 0 aromatic heterocycles. The minimum Gasteiger partial charge on any atom is -0.494 e. The lowest BCUT2D eigenvalue weighted by Crippen LogP contribution is -2.30. The maximum Gasteiger partial charge on any atom is 0.181 e. The number of hydrogen-bond donors (Lipinski definition) is 1. The van der Waals surface area contributed by atoms with Crippen molar-refractivity contribution in [3.8, 4) is 5.75 Å². The van der Waals surface area contributed by atoms with Gasteiger partial charge >= 0.3 is 0 Å². The average molecular weight is 349 g/mol. The third-order valence-corrected chi connectivity index (χ3v) is 6.00. The molecule has 24 heavy (non-hydrogen) atoms. The molecule has 0 radical (unpaired) electrons. The molecule has 0 unspecified atom stereocenters. The number of sulfone groups is 1. The summed E-state index contributed by atoms with van der Waals surface area (Å²) in [5.74, 6) is 0.0789. The smallest absolute Gasteiger partial charge is 0.181 e. The lowest BCUT2D eigenvalue weighted by molar-refractivity contribution is 0.334. The van der Waals surface area contributed by atoms with Crippen molar-refractivity contribution in [1.82, 2.24) is 5.32 Å². The first kappa shape index (κ1) is 16.9. The predicted octanol–water partition coefficient (Wildman–Crippen LogP) is 3.23. The summed E-state index contributed by atoms with van der Waals surface area (Å²) in [4.78, 5) is -0.160. The van der Waals surface area contributed by atoms with Crippen LogP contribution in [0.4, 0.5) is 4.39 Å². The van der Waals surface area contributed by atoms with Crippen molar-refractivity contribution in [2.24, 2.45) is 0 Å². The van der Waals surface area contributed by atoms with E-state index in [1.54, 1.807) is 12.1 Å². The van der Waals surface area contributed by atoms with Gasteiger partial charge in [-0.25, -0.2) is 12.8 Å². The van der Waals surface area contributed by atoms with Crippen LogP contribution in [0, 0.1) is 5.82 Å². The Kier molecular flexibility index (Phi) is 4.87. The van der Waals surface area contributed by atoms with Crippen LogP contribution in [0.1, 0.15) is 30.5 Å². The molecule has 3 rings (SSSR count). The number of ether oxygens (including phenoxy) is 1. The molecule has 0 aliphatic carbocycles. The summed E-state index contributed by atoms with van der Waals surface area (Å²) in [6.07, 6.45) is 0.426. The van der Waals surface area contributed by atoms with E-state index in [2.05, 4.69) is 5.32 Å². The topological polar surface area (TPSA) is 55.4 Å². The highest BCUT2D eigenvalue weighted by molar-refractivity contribution is 7.91. The summed E-state index contributed by atoms with van der Waals surface area (Å²) in [6.45, 7) is 3.03. The Bertz CT molecular complexity index is 836. The number of hydrogen-bond acceptors (Lipinski definition) is 4. The van der Waals surface area contributed by atoms with Crippen molar-refractivity contribution in [3.63, 3.8) is 0 Å². The summed E-state index contributed by atoms with van der Waals surface area (Å²) in [5, 5.41) is 3.35. The van der Waals surface area contributed by atoms with Crippen LogP contribution >= 0.6 is 0 Å². The first-order chi connectivity index (χ1) is 11.5. The molecule has 6 heteroatoms. The Labute approximate surface area is 141 Å². The Morgan fingerprint density at radius 1 is 1.21 bits per heavy atom. The number of rotatable bonds is 5. The zero-order valence-corrected chi connectivity index (χ0v) is 14.3. The zero-order chi connectivity index (χ0) is 17.2. The Hall–Kier alpha value is -1.92. The summed E-state index contributed by atoms with van der Waals surface area (Å²) < 4.78 is 44.0. The van der Waals surface area contributed by atoms with Gasteiger partial charge in [0.25, 0.3) is 0 Å². The molecule has 2 aromatic rings. The highest BCUT2D eigenvalue weighted by Crippen LogP contribution is 2.34. The van der Waals surface area contributed by atoms with E-state index in [1.807, 2.05) is 31.2 Å². The molecule has 4 nitrogen and oxygen atoms in total. The maximum atomic E-state index is 14.0. The van der Waals surface area contributed by atoms with Crippen LogP contribution in [0.2, 0.25) is 0 Å². The van der Waals surface area contributed by atoms with E-state index in [1.165, 1.54) is 6.07 Å². The summed E-state index contributed by atoms with van der Waals surface area (Å²) in [7, 11) is -3.55. The SMILES string of the molecule is CCOc1ccccc1CN[C@H]1CCS(=O)(=O)c2c(F)cccc21. The third kappa shape index (κ3) is 3.30. The highest BCUT2D eigenvalue weighted by Gasteiger charge is 2.32. The van der Waals surface area contributed by atoms with Crippen molar-refractivity contribution in [2.45, 2.75) is 30.8 Å². The van der Waals surface area contributed by atoms with Gasteiger partial charge in [0.05, 0.1) is 12.4 Å². The molecule has 1 aliphatic heterocycles. The van der Waals surface area contributed by atoms with Gasteiger partial charge in [-0.05, 0) is 31.0 Å². The molecular weight excluding hydrogens is 329 g/mol. The average Bonchev–Trinajstić information content (AvgIpc) is 2.55. The number of nitrogens with one attached hydrogen (secondary N) is 1. The number of halogens is 1. The second-order valence-electron chi connectivity index (χ2n) is 5.74. The summed E-state index contributed by atoms with van der Waals surface area (Å²) in [5.41, 5.74) is 1.50. The number of fused-ring (bicyclic) bond motifs is 1. The first-order valence-electron chi connectivity index (χ1n) is 7.98. The van der Waals surface area contributed by atoms with Gasteiger partial charge in [-0.1, -0.05) is 30.3 Å². The van der Waals surface area contributed by atoms with E-state index in [-0.39, 0.29) is 16.7 Å². The Morgan fingerprint density at radius 2 is 2.00 bits per heavy atom. The van der Waals surface area contributed by atoms with Crippen LogP contribution in [0.5, 0.6) is 5.75 Å². The van der Waals surface area contributed by atoms with Crippen LogP contribution in [-0.4, -0.2) is 20.8 Å². The normalized spacial score (nSPS) is 18.8. The van der Waals surface area contributed by atoms with Crippen molar-refractivity contribution >= 4 is 9.84 Å². The van der Waals surface area contributed by atoms with Crippen molar-refractivity contribution in [3.05, 3.63) is 59.4 Å². The standard InChI is InChI=1S/C18H20FNO3S/c1-2-23-17-9-4-3-6-13(17)12-20-16-10-11-24(21,22)18-14(16)7-5-8-15(18)19/h3-9,16,20H,2,10-12H2,1H3/t16-/m0/s1. The number of benzene rings is 2. The fourth-order valence-electron chi connectivity index (χ4n) is 3.05. The summed E-state index contributed by atoms with van der Waals surface area (Å²) >= 11 is 0. The van der Waals surface area contributed by atoms with Crippen molar-refractivity contribution < 1.29 is 17.5 Å². The van der Waals surface area contributed by atoms with Crippen molar-refractivity contribution in [2.75, 3.05) is 12.4 Å². The van der Waals surface area contributed by atoms with E-state index in [0.717, 1.165) is 11.3 Å². The molecule has 0 spiro atoms. The lowest BCUT2D eigenvalue weighted by atomic mass is 10.0. The van der Waals surface area contributed by atoms with Gasteiger partial charge in [-0.3, -0.25) is 0 Å². The van der Waals surface area contributed by atoms with E-state index in [0.29, 0.717) is 25.1 Å². The Morgan fingerprint density at radius 3 is 2.79 bits per heavy atom. The second-order valence-corrected chi connectivity index (χ2v) is 7.79. The largest absolute Gasteiger partial charge is 0.494 e. The molecule has 1 aliphatic rings. The van der Waals surface area contributed by atoms with Crippen molar-refractivity contribution in [1.29, 1.82) is 0 Å². The van der Waals surface area contributed by atoms with Gasteiger partial charge < -0.3 is 10.1 Å². The van der Waals surface area contributed by atoms with Crippen LogP contribution in [-0.2, 0) is 16.4 Å². The maximum absolute atomic E-state index is 14.0. The summed E-state index contributed by atoms with van der Waals surface area (Å²) in [6, 6.07) is 11.9. The molecule has 0 amide bonds. The molecule has 0 fully saturated rings. The lowest BCUT2D eigenvalue weighted by Gasteiger charge is -2.27. The van der Waals surface area contributed by atoms with E-state index >= 15 is 0 Å². The monoisotopic (exact) mass is 349 g/mol. The van der Waals surface area contributed by atoms with Crippen LogP contribution in [0.15, 0.2) is 47.4 Å². The third-order valence-electron chi connectivity index (χ3n) is 4.17. The second kappa shape index (κ2) is 6.91. The quantitative estimate of drug-likeness (QED) is 0.900. The number of para-hydroxylation sites is 1. The molecule has 1 atom stereocenters. The van der Waals surface area contributed by atoms with Gasteiger partial charge in [0.15, 0.2) is 9.84 Å².